The maximum absolute atomic E-state index is 12.8. The lowest BCUT2D eigenvalue weighted by Gasteiger charge is -2.11. The lowest BCUT2D eigenvalue weighted by molar-refractivity contribution is 0.0893. The Morgan fingerprint density at radius 1 is 1.15 bits per heavy atom. The van der Waals surface area contributed by atoms with Gasteiger partial charge in [-0.05, 0) is 44.5 Å². The fourth-order valence-electron chi connectivity index (χ4n) is 3.25. The molecule has 3 heterocycles. The van der Waals surface area contributed by atoms with Crippen LogP contribution in [0.25, 0.3) is 17.2 Å². The quantitative estimate of drug-likeness (QED) is 0.429. The van der Waals surface area contributed by atoms with Gasteiger partial charge in [0.05, 0.1) is 12.0 Å². The molecule has 1 N–H and O–H groups in total. The maximum Gasteiger partial charge on any atom is 0.352 e. The van der Waals surface area contributed by atoms with Crippen molar-refractivity contribution in [3.63, 3.8) is 0 Å². The van der Waals surface area contributed by atoms with Gasteiger partial charge in [-0.15, -0.1) is 0 Å². The van der Waals surface area contributed by atoms with Gasteiger partial charge in [0.1, 0.15) is 5.76 Å². The van der Waals surface area contributed by atoms with Crippen LogP contribution in [-0.4, -0.2) is 36.4 Å². The lowest BCUT2D eigenvalue weighted by atomic mass is 10.1. The molecule has 0 bridgehead atoms. The van der Waals surface area contributed by atoms with Crippen molar-refractivity contribution in [2.24, 2.45) is 0 Å². The highest BCUT2D eigenvalue weighted by Crippen LogP contribution is 2.11. The Kier molecular flexibility index (Phi) is 6.29. The zero-order chi connectivity index (χ0) is 23.4. The van der Waals surface area contributed by atoms with Crippen molar-refractivity contribution in [1.82, 2.24) is 29.8 Å². The van der Waals surface area contributed by atoms with Crippen molar-refractivity contribution in [3.8, 4) is 17.2 Å². The molecule has 1 atom stereocenters. The summed E-state index contributed by atoms with van der Waals surface area (Å²) in [6, 6.07) is 12.1. The Bertz CT molecular complexity index is 1350. The van der Waals surface area contributed by atoms with Gasteiger partial charge in [-0.1, -0.05) is 23.4 Å². The molecule has 0 aliphatic carbocycles. The summed E-state index contributed by atoms with van der Waals surface area (Å²) in [5, 5.41) is 10.7. The Hall–Kier alpha value is -4.28. The maximum atomic E-state index is 12.8. The second-order valence-corrected chi connectivity index (χ2v) is 7.34. The van der Waals surface area contributed by atoms with Crippen LogP contribution in [0, 0.1) is 0 Å². The minimum atomic E-state index is -0.672. The van der Waals surface area contributed by atoms with Gasteiger partial charge < -0.3 is 14.3 Å². The van der Waals surface area contributed by atoms with Gasteiger partial charge in [-0.2, -0.15) is 14.8 Å². The standard InChI is InChI=1S/C22H22N6O5/c1-3-27-21(30)17(25-28(22(27)31)15-8-5-4-6-9-15)18-24-20(33-26-18)19(29)23-14(2)11-12-16-10-7-13-32-16/h4-10,13-14H,3,11-12H2,1-2H3,(H,23,29)/t14-/m0/s1. The number of nitrogens with zero attached hydrogens (tertiary/aromatic N) is 5. The van der Waals surface area contributed by atoms with E-state index in [1.165, 1.54) is 0 Å². The lowest BCUT2D eigenvalue weighted by Crippen LogP contribution is -2.41. The number of hydrogen-bond donors (Lipinski definition) is 1. The van der Waals surface area contributed by atoms with Crippen LogP contribution in [0.15, 0.2) is 67.3 Å². The van der Waals surface area contributed by atoms with Gasteiger partial charge >= 0.3 is 17.5 Å². The molecular weight excluding hydrogens is 428 g/mol. The summed E-state index contributed by atoms with van der Waals surface area (Å²) >= 11 is 0. The first-order valence-electron chi connectivity index (χ1n) is 10.4. The molecule has 1 aromatic carbocycles. The van der Waals surface area contributed by atoms with Gasteiger partial charge in [-0.3, -0.25) is 14.2 Å². The minimum Gasteiger partial charge on any atom is -0.469 e. The zero-order valence-electron chi connectivity index (χ0n) is 18.1. The number of amides is 1. The molecular formula is C22H22N6O5. The number of hydrogen-bond acceptors (Lipinski definition) is 8. The Morgan fingerprint density at radius 2 is 1.94 bits per heavy atom. The number of furan rings is 1. The molecule has 0 unspecified atom stereocenters. The monoisotopic (exact) mass is 450 g/mol. The van der Waals surface area contributed by atoms with Crippen LogP contribution in [0.4, 0.5) is 0 Å². The number of benzene rings is 1. The average molecular weight is 450 g/mol. The van der Waals surface area contributed by atoms with Crippen molar-refractivity contribution in [3.05, 3.63) is 81.2 Å². The number of rotatable bonds is 8. The second-order valence-electron chi connectivity index (χ2n) is 7.34. The first kappa shape index (κ1) is 21.9. The Morgan fingerprint density at radius 3 is 2.64 bits per heavy atom. The minimum absolute atomic E-state index is 0.123. The van der Waals surface area contributed by atoms with Gasteiger partial charge in [0.15, 0.2) is 5.69 Å². The third kappa shape index (κ3) is 4.66. The molecule has 0 spiro atoms. The van der Waals surface area contributed by atoms with E-state index < -0.39 is 17.2 Å². The van der Waals surface area contributed by atoms with Crippen LogP contribution in [-0.2, 0) is 13.0 Å². The van der Waals surface area contributed by atoms with Crippen LogP contribution in [0.1, 0.15) is 36.7 Å². The highest BCUT2D eigenvalue weighted by atomic mass is 16.5. The molecule has 0 saturated heterocycles. The normalized spacial score (nSPS) is 11.9. The Labute approximate surface area is 187 Å². The summed E-state index contributed by atoms with van der Waals surface area (Å²) in [7, 11) is 0. The number of para-hydroxylation sites is 1. The average Bonchev–Trinajstić information content (AvgIpc) is 3.51. The fraction of sp³-hybridized carbons (Fsp3) is 0.273. The van der Waals surface area contributed by atoms with E-state index in [0.717, 1.165) is 15.0 Å². The topological polar surface area (TPSA) is 138 Å². The van der Waals surface area contributed by atoms with Crippen molar-refractivity contribution < 1.29 is 13.7 Å². The smallest absolute Gasteiger partial charge is 0.352 e. The number of nitrogens with one attached hydrogen (secondary N) is 1. The molecule has 170 valence electrons. The van der Waals surface area contributed by atoms with Crippen LogP contribution in [0.5, 0.6) is 0 Å². The highest BCUT2D eigenvalue weighted by molar-refractivity contribution is 5.90. The first-order chi connectivity index (χ1) is 16.0. The molecule has 0 saturated carbocycles. The molecule has 4 rings (SSSR count). The predicted molar refractivity (Wildman–Crippen MR) is 117 cm³/mol. The summed E-state index contributed by atoms with van der Waals surface area (Å²) in [5.41, 5.74) is -0.995. The number of carbonyl (C=O) groups is 1. The van der Waals surface area contributed by atoms with Gasteiger partial charge in [0.25, 0.3) is 5.56 Å². The molecule has 11 heteroatoms. The number of aryl methyl sites for hydroxylation is 1. The van der Waals surface area contributed by atoms with E-state index in [9.17, 15) is 14.4 Å². The molecule has 0 aliphatic heterocycles. The zero-order valence-corrected chi connectivity index (χ0v) is 18.1. The van der Waals surface area contributed by atoms with E-state index in [1.807, 2.05) is 13.0 Å². The fourth-order valence-corrected chi connectivity index (χ4v) is 3.25. The summed E-state index contributed by atoms with van der Waals surface area (Å²) in [6.45, 7) is 3.63. The highest BCUT2D eigenvalue weighted by Gasteiger charge is 2.23. The van der Waals surface area contributed by atoms with E-state index in [1.54, 1.807) is 49.6 Å². The van der Waals surface area contributed by atoms with E-state index in [0.29, 0.717) is 18.5 Å². The van der Waals surface area contributed by atoms with Crippen molar-refractivity contribution in [2.75, 3.05) is 0 Å². The largest absolute Gasteiger partial charge is 0.469 e. The van der Waals surface area contributed by atoms with E-state index in [-0.39, 0.29) is 30.0 Å². The summed E-state index contributed by atoms with van der Waals surface area (Å²) in [5.74, 6) is -0.243. The molecule has 4 aromatic rings. The molecule has 0 radical (unpaired) electrons. The van der Waals surface area contributed by atoms with Gasteiger partial charge in [0.2, 0.25) is 5.82 Å². The van der Waals surface area contributed by atoms with Crippen molar-refractivity contribution in [2.45, 2.75) is 39.3 Å². The molecule has 11 nitrogen and oxygen atoms in total. The Balaban J connectivity index is 1.58. The van der Waals surface area contributed by atoms with E-state index in [4.69, 9.17) is 8.94 Å². The van der Waals surface area contributed by atoms with Crippen LogP contribution in [0.3, 0.4) is 0 Å². The SMILES string of the molecule is CCn1c(=O)c(-c2noc(C(=O)N[C@@H](C)CCc3ccco3)n2)nn(-c2ccccc2)c1=O. The van der Waals surface area contributed by atoms with E-state index in [2.05, 4.69) is 20.6 Å². The third-order valence-corrected chi connectivity index (χ3v) is 4.99. The van der Waals surface area contributed by atoms with Crippen LogP contribution >= 0.6 is 0 Å². The van der Waals surface area contributed by atoms with Crippen molar-refractivity contribution >= 4 is 5.91 Å². The third-order valence-electron chi connectivity index (χ3n) is 4.99. The summed E-state index contributed by atoms with van der Waals surface area (Å²) in [4.78, 5) is 42.1. The number of aromatic nitrogens is 5. The van der Waals surface area contributed by atoms with Gasteiger partial charge in [-0.25, -0.2) is 4.79 Å². The van der Waals surface area contributed by atoms with Crippen LogP contribution < -0.4 is 16.6 Å². The first-order valence-corrected chi connectivity index (χ1v) is 10.4. The van der Waals surface area contributed by atoms with Crippen molar-refractivity contribution in [1.29, 1.82) is 0 Å². The summed E-state index contributed by atoms with van der Waals surface area (Å²) < 4.78 is 12.5. The summed E-state index contributed by atoms with van der Waals surface area (Å²) in [6.07, 6.45) is 2.90. The molecule has 33 heavy (non-hydrogen) atoms. The molecule has 1 amide bonds. The molecule has 0 aliphatic rings. The van der Waals surface area contributed by atoms with Crippen LogP contribution in [0.2, 0.25) is 0 Å². The predicted octanol–water partition coefficient (Wildman–Crippen LogP) is 1.81. The van der Waals surface area contributed by atoms with Gasteiger partial charge in [0, 0.05) is 19.0 Å². The van der Waals surface area contributed by atoms with E-state index >= 15 is 0 Å². The molecule has 0 fully saturated rings. The second kappa shape index (κ2) is 9.47. The number of carbonyl (C=O) groups excluding carboxylic acids is 1. The molecule has 3 aromatic heterocycles.